The average molecular weight is 498 g/mol. The molecule has 1 saturated carbocycles. The molecule has 1 aromatic carbocycles. The quantitative estimate of drug-likeness (QED) is 0.223. The second-order valence-electron chi connectivity index (χ2n) is 7.00. The van der Waals surface area contributed by atoms with E-state index in [0.717, 1.165) is 25.1 Å². The Morgan fingerprint density at radius 2 is 2.07 bits per heavy atom. The SMILES string of the molecule is C#Cc1cccc(NC(=O)CNC(=NC)NCC2(CCOC)CCCC2)c1.I. The monoisotopic (exact) mass is 498 g/mol. The third-order valence-corrected chi connectivity index (χ3v) is 5.08. The zero-order chi connectivity index (χ0) is 19.5. The average Bonchev–Trinajstić information content (AvgIpc) is 3.16. The first-order valence-corrected chi connectivity index (χ1v) is 9.41. The molecular weight excluding hydrogens is 467 g/mol. The fraction of sp³-hybridized carbons (Fsp3) is 0.524. The Labute approximate surface area is 185 Å². The molecule has 1 fully saturated rings. The first-order valence-electron chi connectivity index (χ1n) is 9.41. The van der Waals surface area contributed by atoms with Crippen LogP contribution in [0.15, 0.2) is 29.3 Å². The van der Waals surface area contributed by atoms with Gasteiger partial charge in [0.05, 0.1) is 6.54 Å². The van der Waals surface area contributed by atoms with Gasteiger partial charge in [-0.15, -0.1) is 30.4 Å². The number of carbonyl (C=O) groups excluding carboxylic acids is 1. The van der Waals surface area contributed by atoms with Gasteiger partial charge in [0, 0.05) is 38.6 Å². The smallest absolute Gasteiger partial charge is 0.243 e. The first kappa shape index (κ1) is 24.2. The number of halogens is 1. The Kier molecular flexibility index (Phi) is 10.9. The van der Waals surface area contributed by atoms with Crippen LogP contribution in [0.2, 0.25) is 0 Å². The number of anilines is 1. The summed E-state index contributed by atoms with van der Waals surface area (Å²) in [5.41, 5.74) is 1.67. The number of ether oxygens (including phenoxy) is 1. The van der Waals surface area contributed by atoms with E-state index in [0.29, 0.717) is 11.6 Å². The normalized spacial score (nSPS) is 15.2. The molecule has 0 radical (unpaired) electrons. The predicted molar refractivity (Wildman–Crippen MR) is 125 cm³/mol. The molecule has 3 N–H and O–H groups in total. The van der Waals surface area contributed by atoms with Crippen molar-refractivity contribution in [1.82, 2.24) is 10.6 Å². The van der Waals surface area contributed by atoms with E-state index in [1.165, 1.54) is 25.7 Å². The highest BCUT2D eigenvalue weighted by Gasteiger charge is 2.33. The van der Waals surface area contributed by atoms with Crippen molar-refractivity contribution in [1.29, 1.82) is 0 Å². The lowest BCUT2D eigenvalue weighted by Gasteiger charge is -2.29. The van der Waals surface area contributed by atoms with E-state index in [4.69, 9.17) is 11.2 Å². The highest BCUT2D eigenvalue weighted by Crippen LogP contribution is 2.40. The molecule has 0 heterocycles. The second kappa shape index (κ2) is 12.6. The highest BCUT2D eigenvalue weighted by atomic mass is 127. The van der Waals surface area contributed by atoms with Crippen molar-refractivity contribution in [2.75, 3.05) is 39.2 Å². The van der Waals surface area contributed by atoms with Crippen molar-refractivity contribution in [3.05, 3.63) is 29.8 Å². The lowest BCUT2D eigenvalue weighted by atomic mass is 9.83. The molecule has 0 bridgehead atoms. The summed E-state index contributed by atoms with van der Waals surface area (Å²) in [7, 11) is 3.45. The van der Waals surface area contributed by atoms with Gasteiger partial charge in [0.25, 0.3) is 0 Å². The number of methoxy groups -OCH3 is 1. The Hall–Kier alpha value is -1.79. The molecule has 1 amide bonds. The molecule has 0 spiro atoms. The molecular formula is C21H31IN4O2. The number of hydrogen-bond donors (Lipinski definition) is 3. The number of amides is 1. The zero-order valence-electron chi connectivity index (χ0n) is 16.7. The van der Waals surface area contributed by atoms with Gasteiger partial charge in [0.15, 0.2) is 5.96 Å². The van der Waals surface area contributed by atoms with E-state index >= 15 is 0 Å². The molecule has 0 aromatic heterocycles. The Morgan fingerprint density at radius 3 is 2.71 bits per heavy atom. The molecule has 154 valence electrons. The minimum absolute atomic E-state index is 0. The Balaban J connectivity index is 0.00000392. The number of rotatable bonds is 8. The zero-order valence-corrected chi connectivity index (χ0v) is 19.0. The summed E-state index contributed by atoms with van der Waals surface area (Å²) in [6.45, 7) is 1.74. The first-order chi connectivity index (χ1) is 13.1. The Morgan fingerprint density at radius 1 is 1.32 bits per heavy atom. The fourth-order valence-corrected chi connectivity index (χ4v) is 3.51. The van der Waals surface area contributed by atoms with E-state index in [1.54, 1.807) is 20.2 Å². The van der Waals surface area contributed by atoms with Crippen LogP contribution < -0.4 is 16.0 Å². The van der Waals surface area contributed by atoms with Gasteiger partial charge in [-0.1, -0.05) is 24.8 Å². The maximum Gasteiger partial charge on any atom is 0.243 e. The number of aliphatic imine (C=N–C) groups is 1. The molecule has 0 aliphatic heterocycles. The molecule has 1 aromatic rings. The molecule has 0 saturated heterocycles. The van der Waals surface area contributed by atoms with Crippen LogP contribution in [0.4, 0.5) is 5.69 Å². The van der Waals surface area contributed by atoms with E-state index in [-0.39, 0.29) is 41.8 Å². The van der Waals surface area contributed by atoms with Crippen molar-refractivity contribution in [3.8, 4) is 12.3 Å². The van der Waals surface area contributed by atoms with Gasteiger partial charge in [-0.2, -0.15) is 0 Å². The van der Waals surface area contributed by atoms with Crippen LogP contribution in [0.5, 0.6) is 0 Å². The molecule has 1 aliphatic rings. The third kappa shape index (κ3) is 7.68. The van der Waals surface area contributed by atoms with E-state index in [1.807, 2.05) is 18.2 Å². The summed E-state index contributed by atoms with van der Waals surface area (Å²) in [5, 5.41) is 9.28. The fourth-order valence-electron chi connectivity index (χ4n) is 3.51. The lowest BCUT2D eigenvalue weighted by Crippen LogP contribution is -2.45. The predicted octanol–water partition coefficient (Wildman–Crippen LogP) is 2.99. The minimum atomic E-state index is -0.151. The highest BCUT2D eigenvalue weighted by molar-refractivity contribution is 14.0. The molecule has 7 heteroatoms. The van der Waals surface area contributed by atoms with Gasteiger partial charge in [-0.3, -0.25) is 9.79 Å². The Bertz CT molecular complexity index is 694. The van der Waals surface area contributed by atoms with Crippen LogP contribution in [-0.4, -0.2) is 45.7 Å². The summed E-state index contributed by atoms with van der Waals surface area (Å²) in [6, 6.07) is 7.22. The molecule has 0 atom stereocenters. The van der Waals surface area contributed by atoms with Gasteiger partial charge >= 0.3 is 0 Å². The van der Waals surface area contributed by atoms with E-state index in [9.17, 15) is 4.79 Å². The van der Waals surface area contributed by atoms with Gasteiger partial charge < -0.3 is 20.7 Å². The van der Waals surface area contributed by atoms with E-state index in [2.05, 4.69) is 26.9 Å². The summed E-state index contributed by atoms with van der Waals surface area (Å²) in [4.78, 5) is 16.4. The van der Waals surface area contributed by atoms with Crippen molar-refractivity contribution < 1.29 is 9.53 Å². The van der Waals surface area contributed by atoms with E-state index < -0.39 is 0 Å². The lowest BCUT2D eigenvalue weighted by molar-refractivity contribution is -0.115. The van der Waals surface area contributed by atoms with Crippen LogP contribution in [0.25, 0.3) is 0 Å². The van der Waals surface area contributed by atoms with Crippen LogP contribution in [0.1, 0.15) is 37.7 Å². The summed E-state index contributed by atoms with van der Waals surface area (Å²) in [5.74, 6) is 3.04. The summed E-state index contributed by atoms with van der Waals surface area (Å²) < 4.78 is 5.28. The third-order valence-electron chi connectivity index (χ3n) is 5.08. The molecule has 0 unspecified atom stereocenters. The number of hydrogen-bond acceptors (Lipinski definition) is 3. The van der Waals surface area contributed by atoms with Crippen molar-refractivity contribution >= 4 is 41.5 Å². The molecule has 2 rings (SSSR count). The topological polar surface area (TPSA) is 74.8 Å². The molecule has 6 nitrogen and oxygen atoms in total. The van der Waals surface area contributed by atoms with Crippen molar-refractivity contribution in [2.24, 2.45) is 10.4 Å². The largest absolute Gasteiger partial charge is 0.385 e. The second-order valence-corrected chi connectivity index (χ2v) is 7.00. The van der Waals surface area contributed by atoms with Crippen molar-refractivity contribution in [2.45, 2.75) is 32.1 Å². The molecule has 1 aliphatic carbocycles. The number of carbonyl (C=O) groups is 1. The number of guanidine groups is 1. The maximum atomic E-state index is 12.2. The van der Waals surface area contributed by atoms with Gasteiger partial charge in [0.2, 0.25) is 5.91 Å². The number of nitrogens with one attached hydrogen (secondary N) is 3. The summed E-state index contributed by atoms with van der Waals surface area (Å²) >= 11 is 0. The van der Waals surface area contributed by atoms with Crippen LogP contribution in [0, 0.1) is 17.8 Å². The number of nitrogens with zero attached hydrogens (tertiary/aromatic N) is 1. The van der Waals surface area contributed by atoms with Gasteiger partial charge in [-0.25, -0.2) is 0 Å². The van der Waals surface area contributed by atoms with Crippen LogP contribution in [0.3, 0.4) is 0 Å². The maximum absolute atomic E-state index is 12.2. The van der Waals surface area contributed by atoms with Crippen LogP contribution >= 0.6 is 24.0 Å². The van der Waals surface area contributed by atoms with Gasteiger partial charge in [-0.05, 0) is 42.9 Å². The summed E-state index contributed by atoms with van der Waals surface area (Å²) in [6.07, 6.45) is 11.3. The van der Waals surface area contributed by atoms with Gasteiger partial charge in [0.1, 0.15) is 0 Å². The number of terminal acetylenes is 1. The van der Waals surface area contributed by atoms with Crippen molar-refractivity contribution in [3.63, 3.8) is 0 Å². The van der Waals surface area contributed by atoms with Crippen LogP contribution in [-0.2, 0) is 9.53 Å². The standard InChI is InChI=1S/C21H30N4O2.HI/c1-4-17-8-7-9-18(14-17)25-19(26)15-23-20(22-2)24-16-21(12-13-27-3)10-5-6-11-21;/h1,7-9,14H,5-6,10-13,15-16H2,2-3H3,(H,25,26)(H2,22,23,24);1H. The molecule has 28 heavy (non-hydrogen) atoms. The minimum Gasteiger partial charge on any atom is -0.385 e. The number of benzene rings is 1.